The van der Waals surface area contributed by atoms with Crippen molar-refractivity contribution in [3.05, 3.63) is 135 Å². The van der Waals surface area contributed by atoms with Crippen molar-refractivity contribution in [1.82, 2.24) is 15.2 Å². The van der Waals surface area contributed by atoms with Crippen LogP contribution in [0.2, 0.25) is 0 Å². The van der Waals surface area contributed by atoms with E-state index in [0.717, 1.165) is 21.6 Å². The second-order valence-electron chi connectivity index (χ2n) is 10.5. The Morgan fingerprint density at radius 1 is 0.955 bits per heavy atom. The number of thioether (sulfide) groups is 1. The maximum atomic E-state index is 14.1. The fourth-order valence-corrected chi connectivity index (χ4v) is 7.52. The zero-order chi connectivity index (χ0) is 30.6. The molecule has 44 heavy (non-hydrogen) atoms. The highest BCUT2D eigenvalue weighted by atomic mass is 32.2. The first kappa shape index (κ1) is 29.5. The topological polar surface area (TPSA) is 106 Å². The van der Waals surface area contributed by atoms with Gasteiger partial charge in [-0.3, -0.25) is 19.3 Å². The molecule has 3 heterocycles. The lowest BCUT2D eigenvalue weighted by atomic mass is 9.99. The van der Waals surface area contributed by atoms with Crippen molar-refractivity contribution in [1.29, 1.82) is 0 Å². The standard InChI is InChI=1S/C34H29N3O5S2/c1-21(38)31-35-19-26(44-31)18-25-20-43-33-28(36-27(39)17-22-11-5-2-6-12-22)32(40)37(33)29(25)34(41)42-30(23-13-7-3-8-14-23)24-15-9-4-10-16-24/h2-16,19,28,30,33H,17-18,20H2,1H3,(H,36,39). The molecule has 1 N–H and O–H groups in total. The average Bonchev–Trinajstić information content (AvgIpc) is 3.52. The van der Waals surface area contributed by atoms with Crippen LogP contribution in [0.1, 0.15) is 44.4 Å². The summed E-state index contributed by atoms with van der Waals surface area (Å²) in [7, 11) is 0. The number of esters is 1. The van der Waals surface area contributed by atoms with E-state index in [2.05, 4.69) is 10.3 Å². The number of ketones is 1. The van der Waals surface area contributed by atoms with Crippen molar-refractivity contribution in [3.8, 4) is 0 Å². The Bertz CT molecular complexity index is 1680. The number of hydrogen-bond donors (Lipinski definition) is 1. The number of nitrogens with zero attached hydrogens (tertiary/aromatic N) is 2. The lowest BCUT2D eigenvalue weighted by molar-refractivity contribution is -0.154. The number of Topliss-reactive ketones (excluding diaryl/α,β-unsaturated/α-hetero) is 1. The summed E-state index contributed by atoms with van der Waals surface area (Å²) in [6.45, 7) is 1.46. The molecule has 2 amide bonds. The van der Waals surface area contributed by atoms with Crippen LogP contribution < -0.4 is 5.32 Å². The molecule has 2 aliphatic rings. The Labute approximate surface area is 263 Å². The molecule has 1 saturated heterocycles. The van der Waals surface area contributed by atoms with E-state index in [9.17, 15) is 19.2 Å². The van der Waals surface area contributed by atoms with Crippen molar-refractivity contribution in [2.24, 2.45) is 0 Å². The summed E-state index contributed by atoms with van der Waals surface area (Å²) in [6.07, 6.45) is 1.43. The number of benzene rings is 3. The van der Waals surface area contributed by atoms with Gasteiger partial charge in [0.2, 0.25) is 5.91 Å². The highest BCUT2D eigenvalue weighted by molar-refractivity contribution is 8.00. The fraction of sp³-hybridized carbons (Fsp3) is 0.206. The lowest BCUT2D eigenvalue weighted by Crippen LogP contribution is -2.70. The number of hydrogen-bond acceptors (Lipinski definition) is 8. The van der Waals surface area contributed by atoms with Crippen molar-refractivity contribution >= 4 is 46.7 Å². The predicted molar refractivity (Wildman–Crippen MR) is 169 cm³/mol. The minimum Gasteiger partial charge on any atom is -0.448 e. The van der Waals surface area contributed by atoms with E-state index >= 15 is 0 Å². The molecule has 0 bridgehead atoms. The van der Waals surface area contributed by atoms with Gasteiger partial charge < -0.3 is 10.1 Å². The van der Waals surface area contributed by atoms with Gasteiger partial charge in [-0.15, -0.1) is 23.1 Å². The molecule has 0 saturated carbocycles. The zero-order valence-corrected chi connectivity index (χ0v) is 25.5. The van der Waals surface area contributed by atoms with Gasteiger partial charge in [0.15, 0.2) is 16.9 Å². The molecule has 0 aliphatic carbocycles. The van der Waals surface area contributed by atoms with Crippen LogP contribution >= 0.6 is 23.1 Å². The van der Waals surface area contributed by atoms with E-state index < -0.39 is 23.5 Å². The van der Waals surface area contributed by atoms with E-state index in [1.54, 1.807) is 6.20 Å². The third-order valence-corrected chi connectivity index (χ3v) is 9.87. The minimum atomic E-state index is -0.757. The summed E-state index contributed by atoms with van der Waals surface area (Å²) in [6, 6.07) is 27.5. The quantitative estimate of drug-likeness (QED) is 0.149. The Morgan fingerprint density at radius 2 is 1.57 bits per heavy atom. The molecule has 0 radical (unpaired) electrons. The normalized spacial score (nSPS) is 17.6. The number of rotatable bonds is 10. The highest BCUT2D eigenvalue weighted by Gasteiger charge is 2.54. The maximum absolute atomic E-state index is 14.1. The Kier molecular flexibility index (Phi) is 8.72. The predicted octanol–water partition coefficient (Wildman–Crippen LogP) is 5.12. The largest absolute Gasteiger partial charge is 0.448 e. The molecule has 1 fully saturated rings. The molecule has 2 aliphatic heterocycles. The first-order chi connectivity index (χ1) is 21.4. The van der Waals surface area contributed by atoms with Crippen LogP contribution in [0.25, 0.3) is 0 Å². The Morgan fingerprint density at radius 3 is 2.16 bits per heavy atom. The third-order valence-electron chi connectivity index (χ3n) is 7.44. The minimum absolute atomic E-state index is 0.131. The molecule has 2 unspecified atom stereocenters. The lowest BCUT2D eigenvalue weighted by Gasteiger charge is -2.50. The smallest absolute Gasteiger partial charge is 0.356 e. The summed E-state index contributed by atoms with van der Waals surface area (Å²) in [5.41, 5.74) is 3.33. The van der Waals surface area contributed by atoms with Crippen LogP contribution in [-0.2, 0) is 32.0 Å². The number of amides is 2. The molecular weight excluding hydrogens is 595 g/mol. The monoisotopic (exact) mass is 623 g/mol. The zero-order valence-electron chi connectivity index (χ0n) is 23.8. The molecule has 2 atom stereocenters. The summed E-state index contributed by atoms with van der Waals surface area (Å²) >= 11 is 2.76. The molecule has 10 heteroatoms. The first-order valence-electron chi connectivity index (χ1n) is 14.2. The van der Waals surface area contributed by atoms with Crippen LogP contribution in [-0.4, -0.2) is 50.6 Å². The number of fused-ring (bicyclic) bond motifs is 1. The van der Waals surface area contributed by atoms with Gasteiger partial charge in [0.05, 0.1) is 6.42 Å². The SMILES string of the molecule is CC(=O)c1ncc(CC2=C(C(=O)OC(c3ccccc3)c3ccccc3)N3C(=O)C(NC(=O)Cc4ccccc4)C3SC2)s1. The summed E-state index contributed by atoms with van der Waals surface area (Å²) in [5.74, 6) is -0.935. The number of carbonyl (C=O) groups excluding carboxylic acids is 4. The number of β-lactam (4-membered cyclic amide) rings is 1. The van der Waals surface area contributed by atoms with Crippen LogP contribution in [0.3, 0.4) is 0 Å². The first-order valence-corrected chi connectivity index (χ1v) is 16.0. The van der Waals surface area contributed by atoms with Crippen LogP contribution in [0.5, 0.6) is 0 Å². The second kappa shape index (κ2) is 13.0. The molecule has 6 rings (SSSR count). The van der Waals surface area contributed by atoms with Gasteiger partial charge in [0, 0.05) is 30.2 Å². The van der Waals surface area contributed by atoms with Crippen molar-refractivity contribution < 1.29 is 23.9 Å². The van der Waals surface area contributed by atoms with E-state index in [4.69, 9.17) is 4.74 Å². The molecular formula is C34H29N3O5S2. The van der Waals surface area contributed by atoms with Crippen molar-refractivity contribution in [2.75, 3.05) is 5.75 Å². The Hall–Kier alpha value is -4.54. The van der Waals surface area contributed by atoms with Gasteiger partial charge in [-0.25, -0.2) is 9.78 Å². The van der Waals surface area contributed by atoms with Gasteiger partial charge in [-0.2, -0.15) is 0 Å². The van der Waals surface area contributed by atoms with E-state index in [-0.39, 0.29) is 29.7 Å². The van der Waals surface area contributed by atoms with Crippen molar-refractivity contribution in [2.45, 2.75) is 37.3 Å². The molecule has 8 nitrogen and oxygen atoms in total. The molecule has 1 aromatic heterocycles. The number of thiazole rings is 1. The van der Waals surface area contributed by atoms with Crippen LogP contribution in [0.4, 0.5) is 0 Å². The van der Waals surface area contributed by atoms with Gasteiger partial charge in [0.1, 0.15) is 17.1 Å². The molecule has 0 spiro atoms. The highest BCUT2D eigenvalue weighted by Crippen LogP contribution is 2.42. The van der Waals surface area contributed by atoms with Gasteiger partial charge in [-0.05, 0) is 22.3 Å². The maximum Gasteiger partial charge on any atom is 0.356 e. The fourth-order valence-electron chi connectivity index (χ4n) is 5.32. The van der Waals surface area contributed by atoms with Gasteiger partial charge >= 0.3 is 5.97 Å². The number of carbonyl (C=O) groups is 4. The molecule has 4 aromatic rings. The van der Waals surface area contributed by atoms with E-state index in [1.807, 2.05) is 91.0 Å². The number of nitrogens with one attached hydrogen (secondary N) is 1. The van der Waals surface area contributed by atoms with Gasteiger partial charge in [0.25, 0.3) is 5.91 Å². The molecule has 222 valence electrons. The molecule has 3 aromatic carbocycles. The van der Waals surface area contributed by atoms with E-state index in [0.29, 0.717) is 22.8 Å². The van der Waals surface area contributed by atoms with Crippen LogP contribution in [0, 0.1) is 0 Å². The number of aromatic nitrogens is 1. The van der Waals surface area contributed by atoms with Crippen molar-refractivity contribution in [3.63, 3.8) is 0 Å². The summed E-state index contributed by atoms with van der Waals surface area (Å²) < 4.78 is 6.22. The van der Waals surface area contributed by atoms with Crippen LogP contribution in [0.15, 0.2) is 108 Å². The van der Waals surface area contributed by atoms with E-state index in [1.165, 1.54) is 34.9 Å². The second-order valence-corrected chi connectivity index (χ2v) is 12.8. The number of ether oxygens (including phenoxy) is 1. The Balaban J connectivity index is 1.29. The summed E-state index contributed by atoms with van der Waals surface area (Å²) in [4.78, 5) is 58.9. The average molecular weight is 624 g/mol. The van der Waals surface area contributed by atoms with Gasteiger partial charge in [-0.1, -0.05) is 91.0 Å². The third kappa shape index (κ3) is 6.22. The summed E-state index contributed by atoms with van der Waals surface area (Å²) in [5, 5.41) is 2.81.